The summed E-state index contributed by atoms with van der Waals surface area (Å²) in [7, 11) is 1.61. The van der Waals surface area contributed by atoms with Crippen LogP contribution in [-0.2, 0) is 0 Å². The molecule has 2 rings (SSSR count). The molecule has 2 aromatic heterocycles. The van der Waals surface area contributed by atoms with Crippen LogP contribution in [0, 0.1) is 0 Å². The third kappa shape index (κ3) is 2.81. The third-order valence-electron chi connectivity index (χ3n) is 2.55. The maximum Gasteiger partial charge on any atom is 0.279 e. The third-order valence-corrected chi connectivity index (χ3v) is 3.13. The first kappa shape index (κ1) is 13.7. The van der Waals surface area contributed by atoms with Crippen molar-refractivity contribution in [3.05, 3.63) is 34.5 Å². The molecule has 7 heteroatoms. The lowest BCUT2D eigenvalue weighted by Crippen LogP contribution is -2.28. The lowest BCUT2D eigenvalue weighted by Gasteiger charge is -2.14. The molecule has 2 aromatic rings. The lowest BCUT2D eigenvalue weighted by atomic mass is 10.2. The highest BCUT2D eigenvalue weighted by molar-refractivity contribution is 9.10. The second-order valence-electron chi connectivity index (χ2n) is 4.30. The minimum Gasteiger partial charge on any atom is -0.363 e. The van der Waals surface area contributed by atoms with Crippen LogP contribution in [0.2, 0.25) is 0 Å². The SMILES string of the molecule is CC(C)c1ncc(Br)c(C(=O)N(C)c2ccon2)n1. The number of rotatable bonds is 3. The molecule has 0 saturated heterocycles. The van der Waals surface area contributed by atoms with Gasteiger partial charge in [0.25, 0.3) is 5.91 Å². The molecule has 6 nitrogen and oxygen atoms in total. The number of halogens is 1. The van der Waals surface area contributed by atoms with Gasteiger partial charge < -0.3 is 4.52 Å². The fourth-order valence-electron chi connectivity index (χ4n) is 1.45. The van der Waals surface area contributed by atoms with Gasteiger partial charge in [0, 0.05) is 25.2 Å². The normalized spacial score (nSPS) is 10.8. The van der Waals surface area contributed by atoms with Gasteiger partial charge in [-0.25, -0.2) is 9.97 Å². The smallest absolute Gasteiger partial charge is 0.279 e. The first-order chi connectivity index (χ1) is 9.00. The summed E-state index contributed by atoms with van der Waals surface area (Å²) < 4.78 is 5.28. The molecule has 19 heavy (non-hydrogen) atoms. The highest BCUT2D eigenvalue weighted by atomic mass is 79.9. The van der Waals surface area contributed by atoms with Crippen molar-refractivity contribution in [1.82, 2.24) is 15.1 Å². The summed E-state index contributed by atoms with van der Waals surface area (Å²) in [6, 6.07) is 1.61. The van der Waals surface area contributed by atoms with Crippen molar-refractivity contribution in [2.75, 3.05) is 11.9 Å². The van der Waals surface area contributed by atoms with Gasteiger partial charge in [-0.2, -0.15) is 0 Å². The predicted octanol–water partition coefficient (Wildman–Crippen LogP) is 2.63. The van der Waals surface area contributed by atoms with Gasteiger partial charge in [0.1, 0.15) is 17.8 Å². The quantitative estimate of drug-likeness (QED) is 0.867. The molecule has 0 aliphatic carbocycles. The molecule has 100 valence electrons. The first-order valence-electron chi connectivity index (χ1n) is 5.71. The zero-order chi connectivity index (χ0) is 14.0. The number of nitrogens with zero attached hydrogens (tertiary/aromatic N) is 4. The van der Waals surface area contributed by atoms with Gasteiger partial charge in [-0.05, 0) is 15.9 Å². The summed E-state index contributed by atoms with van der Waals surface area (Å²) in [5.41, 5.74) is 0.309. The summed E-state index contributed by atoms with van der Waals surface area (Å²) in [5, 5.41) is 3.72. The maximum absolute atomic E-state index is 12.4. The number of amides is 1. The van der Waals surface area contributed by atoms with Crippen LogP contribution < -0.4 is 4.90 Å². The van der Waals surface area contributed by atoms with Gasteiger partial charge >= 0.3 is 0 Å². The van der Waals surface area contributed by atoms with Crippen molar-refractivity contribution in [3.63, 3.8) is 0 Å². The standard InChI is InChI=1S/C12H13BrN4O2/c1-7(2)11-14-6-8(13)10(15-11)12(18)17(3)9-4-5-19-16-9/h4-7H,1-3H3. The number of hydrogen-bond donors (Lipinski definition) is 0. The van der Waals surface area contributed by atoms with E-state index in [9.17, 15) is 4.79 Å². The molecule has 0 atom stereocenters. The molecular weight excluding hydrogens is 312 g/mol. The highest BCUT2D eigenvalue weighted by Crippen LogP contribution is 2.20. The molecular formula is C12H13BrN4O2. The van der Waals surface area contributed by atoms with Crippen LogP contribution in [0.15, 0.2) is 27.5 Å². The molecule has 2 heterocycles. The Kier molecular flexibility index (Phi) is 3.94. The Morgan fingerprint density at radius 3 is 2.79 bits per heavy atom. The Morgan fingerprint density at radius 1 is 1.47 bits per heavy atom. The molecule has 0 N–H and O–H groups in total. The Hall–Kier alpha value is -1.76. The molecule has 0 bridgehead atoms. The van der Waals surface area contributed by atoms with Crippen LogP contribution in [0.1, 0.15) is 36.1 Å². The summed E-state index contributed by atoms with van der Waals surface area (Å²) in [4.78, 5) is 22.2. The van der Waals surface area contributed by atoms with E-state index in [1.54, 1.807) is 19.3 Å². The van der Waals surface area contributed by atoms with Crippen molar-refractivity contribution >= 4 is 27.7 Å². The van der Waals surface area contributed by atoms with Crippen molar-refractivity contribution in [3.8, 4) is 0 Å². The van der Waals surface area contributed by atoms with Gasteiger partial charge in [0.15, 0.2) is 5.82 Å². The molecule has 0 saturated carbocycles. The second-order valence-corrected chi connectivity index (χ2v) is 5.16. The van der Waals surface area contributed by atoms with E-state index in [0.29, 0.717) is 21.8 Å². The van der Waals surface area contributed by atoms with Crippen LogP contribution >= 0.6 is 15.9 Å². The maximum atomic E-state index is 12.4. The van der Waals surface area contributed by atoms with Crippen LogP contribution in [0.3, 0.4) is 0 Å². The fourth-order valence-corrected chi connectivity index (χ4v) is 1.81. The zero-order valence-electron chi connectivity index (χ0n) is 10.8. The van der Waals surface area contributed by atoms with E-state index >= 15 is 0 Å². The summed E-state index contributed by atoms with van der Waals surface area (Å²) in [6.07, 6.45) is 3.00. The summed E-state index contributed by atoms with van der Waals surface area (Å²) >= 11 is 3.30. The molecule has 0 radical (unpaired) electrons. The molecule has 0 aromatic carbocycles. The molecule has 0 spiro atoms. The van der Waals surface area contributed by atoms with Crippen LogP contribution in [0.5, 0.6) is 0 Å². The Morgan fingerprint density at radius 2 is 2.21 bits per heavy atom. The first-order valence-corrected chi connectivity index (χ1v) is 6.51. The van der Waals surface area contributed by atoms with Crippen molar-refractivity contribution < 1.29 is 9.32 Å². The number of carbonyl (C=O) groups is 1. The average Bonchev–Trinajstić information content (AvgIpc) is 2.91. The number of anilines is 1. The fraction of sp³-hybridized carbons (Fsp3) is 0.333. The van der Waals surface area contributed by atoms with Gasteiger partial charge in [-0.1, -0.05) is 19.0 Å². The monoisotopic (exact) mass is 324 g/mol. The summed E-state index contributed by atoms with van der Waals surface area (Å²) in [5.74, 6) is 0.934. The molecule has 0 aliphatic heterocycles. The van der Waals surface area contributed by atoms with Crippen LogP contribution in [0.4, 0.5) is 5.82 Å². The van der Waals surface area contributed by atoms with E-state index in [0.717, 1.165) is 0 Å². The lowest BCUT2D eigenvalue weighted by molar-refractivity contribution is 0.0985. The highest BCUT2D eigenvalue weighted by Gasteiger charge is 2.21. The number of aromatic nitrogens is 3. The van der Waals surface area contributed by atoms with Gasteiger partial charge in [0.2, 0.25) is 0 Å². The van der Waals surface area contributed by atoms with Crippen LogP contribution in [0.25, 0.3) is 0 Å². The molecule has 0 fully saturated rings. The Labute approximate surface area is 119 Å². The molecule has 0 unspecified atom stereocenters. The number of carbonyl (C=O) groups excluding carboxylic acids is 1. The van der Waals surface area contributed by atoms with Crippen LogP contribution in [-0.4, -0.2) is 28.1 Å². The Balaban J connectivity index is 2.35. The predicted molar refractivity (Wildman–Crippen MR) is 73.1 cm³/mol. The van der Waals surface area contributed by atoms with Crippen molar-refractivity contribution in [2.24, 2.45) is 0 Å². The van der Waals surface area contributed by atoms with E-state index in [1.165, 1.54) is 11.2 Å². The molecule has 0 aliphatic rings. The van der Waals surface area contributed by atoms with E-state index in [4.69, 9.17) is 4.52 Å². The largest absolute Gasteiger partial charge is 0.363 e. The minimum atomic E-state index is -0.273. The Bertz CT molecular complexity index is 583. The average molecular weight is 325 g/mol. The van der Waals surface area contributed by atoms with E-state index < -0.39 is 0 Å². The molecule has 1 amide bonds. The number of hydrogen-bond acceptors (Lipinski definition) is 5. The summed E-state index contributed by atoms with van der Waals surface area (Å²) in [6.45, 7) is 3.94. The van der Waals surface area contributed by atoms with Crippen molar-refractivity contribution in [2.45, 2.75) is 19.8 Å². The van der Waals surface area contributed by atoms with E-state index in [-0.39, 0.29) is 11.8 Å². The van der Waals surface area contributed by atoms with E-state index in [2.05, 4.69) is 31.1 Å². The van der Waals surface area contributed by atoms with Gasteiger partial charge in [-0.15, -0.1) is 0 Å². The second kappa shape index (κ2) is 5.48. The van der Waals surface area contributed by atoms with E-state index in [1.807, 2.05) is 13.8 Å². The van der Waals surface area contributed by atoms with Crippen molar-refractivity contribution in [1.29, 1.82) is 0 Å². The minimum absolute atomic E-state index is 0.150. The van der Waals surface area contributed by atoms with Gasteiger partial charge in [-0.3, -0.25) is 9.69 Å². The zero-order valence-corrected chi connectivity index (χ0v) is 12.4. The van der Waals surface area contributed by atoms with Gasteiger partial charge in [0.05, 0.1) is 4.47 Å². The topological polar surface area (TPSA) is 72.1 Å².